The van der Waals surface area contributed by atoms with Crippen molar-refractivity contribution in [3.05, 3.63) is 29.8 Å². The maximum absolute atomic E-state index is 12.6. The molecule has 2 heterocycles. The summed E-state index contributed by atoms with van der Waals surface area (Å²) in [6, 6.07) is 8.42. The van der Waals surface area contributed by atoms with E-state index in [0.29, 0.717) is 12.0 Å². The SMILES string of the molecule is C[C@@H]1CCCN1CCCOc1ccc(C(=O)CN2CCCC(C)(C)C2)cc1. The summed E-state index contributed by atoms with van der Waals surface area (Å²) in [5.41, 5.74) is 1.11. The highest BCUT2D eigenvalue weighted by Gasteiger charge is 2.27. The number of nitrogens with zero attached hydrogens (tertiary/aromatic N) is 2. The molecule has 1 aromatic rings. The van der Waals surface area contributed by atoms with E-state index >= 15 is 0 Å². The zero-order chi connectivity index (χ0) is 19.3. The third-order valence-electron chi connectivity index (χ3n) is 6.07. The van der Waals surface area contributed by atoms with Gasteiger partial charge in [-0.1, -0.05) is 13.8 Å². The molecule has 2 aliphatic rings. The Bertz CT molecular complexity index is 611. The second-order valence-electron chi connectivity index (χ2n) is 9.16. The Morgan fingerprint density at radius 1 is 1.19 bits per heavy atom. The molecule has 0 amide bonds. The zero-order valence-electron chi connectivity index (χ0n) is 17.4. The molecule has 0 bridgehead atoms. The van der Waals surface area contributed by atoms with Crippen LogP contribution in [-0.4, -0.2) is 61.0 Å². The third kappa shape index (κ3) is 6.05. The van der Waals surface area contributed by atoms with Crippen LogP contribution in [0.3, 0.4) is 0 Å². The number of benzene rings is 1. The van der Waals surface area contributed by atoms with Crippen molar-refractivity contribution >= 4 is 5.78 Å². The van der Waals surface area contributed by atoms with Crippen LogP contribution in [0.2, 0.25) is 0 Å². The van der Waals surface area contributed by atoms with Crippen molar-refractivity contribution in [2.75, 3.05) is 39.3 Å². The quantitative estimate of drug-likeness (QED) is 0.505. The third-order valence-corrected chi connectivity index (χ3v) is 6.07. The van der Waals surface area contributed by atoms with Crippen molar-refractivity contribution in [2.24, 2.45) is 5.41 Å². The highest BCUT2D eigenvalue weighted by Crippen LogP contribution is 2.28. The Hall–Kier alpha value is -1.39. The molecule has 2 fully saturated rings. The van der Waals surface area contributed by atoms with Crippen LogP contribution in [0.5, 0.6) is 5.75 Å². The summed E-state index contributed by atoms with van der Waals surface area (Å²) >= 11 is 0. The van der Waals surface area contributed by atoms with Crippen molar-refractivity contribution in [1.82, 2.24) is 9.80 Å². The first-order valence-electron chi connectivity index (χ1n) is 10.7. The lowest BCUT2D eigenvalue weighted by molar-refractivity contribution is 0.0810. The minimum atomic E-state index is 0.210. The van der Waals surface area contributed by atoms with Gasteiger partial charge in [-0.25, -0.2) is 0 Å². The summed E-state index contributed by atoms with van der Waals surface area (Å²) in [5, 5.41) is 0. The van der Waals surface area contributed by atoms with E-state index in [1.165, 1.54) is 32.2 Å². The van der Waals surface area contributed by atoms with Crippen LogP contribution in [0.1, 0.15) is 63.2 Å². The second-order valence-corrected chi connectivity index (χ2v) is 9.16. The Morgan fingerprint density at radius 3 is 2.63 bits per heavy atom. The molecule has 3 rings (SSSR count). The summed E-state index contributed by atoms with van der Waals surface area (Å²) in [7, 11) is 0. The van der Waals surface area contributed by atoms with Gasteiger partial charge in [-0.3, -0.25) is 9.69 Å². The topological polar surface area (TPSA) is 32.8 Å². The van der Waals surface area contributed by atoms with E-state index in [1.54, 1.807) is 0 Å². The number of carbonyl (C=O) groups is 1. The lowest BCUT2D eigenvalue weighted by Crippen LogP contribution is -2.42. The Morgan fingerprint density at radius 2 is 1.96 bits per heavy atom. The molecule has 150 valence electrons. The average molecular weight is 373 g/mol. The fourth-order valence-corrected chi connectivity index (χ4v) is 4.49. The molecule has 0 radical (unpaired) electrons. The van der Waals surface area contributed by atoms with E-state index in [4.69, 9.17) is 4.74 Å². The Balaban J connectivity index is 1.40. The van der Waals surface area contributed by atoms with Gasteiger partial charge in [0.25, 0.3) is 0 Å². The maximum Gasteiger partial charge on any atom is 0.176 e. The van der Waals surface area contributed by atoms with Crippen molar-refractivity contribution in [1.29, 1.82) is 0 Å². The van der Waals surface area contributed by atoms with E-state index in [0.717, 1.165) is 50.0 Å². The number of rotatable bonds is 8. The monoisotopic (exact) mass is 372 g/mol. The molecular weight excluding hydrogens is 336 g/mol. The number of hydrogen-bond donors (Lipinski definition) is 0. The Labute approximate surface area is 164 Å². The lowest BCUT2D eigenvalue weighted by Gasteiger charge is -2.37. The van der Waals surface area contributed by atoms with Gasteiger partial charge in [0.15, 0.2) is 5.78 Å². The molecule has 0 N–H and O–H groups in total. The molecule has 2 aliphatic heterocycles. The number of carbonyl (C=O) groups excluding carboxylic acids is 1. The van der Waals surface area contributed by atoms with Gasteiger partial charge in [0, 0.05) is 24.7 Å². The molecular formula is C23H36N2O2. The molecule has 1 atom stereocenters. The molecule has 4 heteroatoms. The smallest absolute Gasteiger partial charge is 0.176 e. The summed E-state index contributed by atoms with van der Waals surface area (Å²) in [6.45, 7) is 12.5. The van der Waals surface area contributed by atoms with E-state index in [2.05, 4.69) is 30.6 Å². The van der Waals surface area contributed by atoms with Gasteiger partial charge in [0.1, 0.15) is 5.75 Å². The number of hydrogen-bond acceptors (Lipinski definition) is 4. The second kappa shape index (κ2) is 9.20. The summed E-state index contributed by atoms with van der Waals surface area (Å²) in [6.07, 6.45) is 6.14. The van der Waals surface area contributed by atoms with Gasteiger partial charge in [-0.05, 0) is 81.8 Å². The standard InChI is InChI=1S/C23H36N2O2/c1-19-7-4-14-25(19)15-6-16-27-21-10-8-20(9-11-21)22(26)17-24-13-5-12-23(2,3)18-24/h8-11,19H,4-7,12-18H2,1-3H3/t19-/m1/s1. The van der Waals surface area contributed by atoms with Crippen molar-refractivity contribution in [2.45, 2.75) is 58.9 Å². The predicted molar refractivity (Wildman–Crippen MR) is 111 cm³/mol. The van der Waals surface area contributed by atoms with Crippen molar-refractivity contribution in [3.8, 4) is 5.75 Å². The summed E-state index contributed by atoms with van der Waals surface area (Å²) < 4.78 is 5.86. The molecule has 4 nitrogen and oxygen atoms in total. The van der Waals surface area contributed by atoms with Crippen LogP contribution in [-0.2, 0) is 0 Å². The Kier molecular flexibility index (Phi) is 6.93. The van der Waals surface area contributed by atoms with E-state index in [9.17, 15) is 4.79 Å². The predicted octanol–water partition coefficient (Wildman–Crippen LogP) is 4.24. The van der Waals surface area contributed by atoms with E-state index in [-0.39, 0.29) is 5.78 Å². The fraction of sp³-hybridized carbons (Fsp3) is 0.696. The van der Waals surface area contributed by atoms with Gasteiger partial charge in [0.05, 0.1) is 13.2 Å². The van der Waals surface area contributed by atoms with Crippen LogP contribution in [0, 0.1) is 5.41 Å². The number of likely N-dealkylation sites (tertiary alicyclic amines) is 2. The van der Waals surface area contributed by atoms with Crippen LogP contribution >= 0.6 is 0 Å². The fourth-order valence-electron chi connectivity index (χ4n) is 4.49. The van der Waals surface area contributed by atoms with E-state index < -0.39 is 0 Å². The van der Waals surface area contributed by atoms with Crippen molar-refractivity contribution < 1.29 is 9.53 Å². The average Bonchev–Trinajstić information content (AvgIpc) is 3.03. The molecule has 0 aliphatic carbocycles. The van der Waals surface area contributed by atoms with Crippen LogP contribution < -0.4 is 4.74 Å². The normalized spacial score (nSPS) is 23.4. The van der Waals surface area contributed by atoms with Crippen LogP contribution in [0.4, 0.5) is 0 Å². The molecule has 0 saturated carbocycles. The summed E-state index contributed by atoms with van der Waals surface area (Å²) in [5.74, 6) is 1.07. The summed E-state index contributed by atoms with van der Waals surface area (Å²) in [4.78, 5) is 17.4. The van der Waals surface area contributed by atoms with Gasteiger partial charge in [0.2, 0.25) is 0 Å². The number of ether oxygens (including phenoxy) is 1. The van der Waals surface area contributed by atoms with Crippen molar-refractivity contribution in [3.63, 3.8) is 0 Å². The van der Waals surface area contributed by atoms with Gasteiger partial charge in [-0.2, -0.15) is 0 Å². The van der Waals surface area contributed by atoms with Crippen LogP contribution in [0.25, 0.3) is 0 Å². The molecule has 27 heavy (non-hydrogen) atoms. The van der Waals surface area contributed by atoms with Gasteiger partial charge in [-0.15, -0.1) is 0 Å². The molecule has 0 spiro atoms. The number of Topliss-reactive ketones (excluding diaryl/α,β-unsaturated/α-hetero) is 1. The maximum atomic E-state index is 12.6. The molecule has 2 saturated heterocycles. The number of piperidine rings is 1. The minimum Gasteiger partial charge on any atom is -0.494 e. The zero-order valence-corrected chi connectivity index (χ0v) is 17.4. The first-order valence-corrected chi connectivity index (χ1v) is 10.7. The molecule has 0 unspecified atom stereocenters. The van der Waals surface area contributed by atoms with Gasteiger partial charge < -0.3 is 9.64 Å². The van der Waals surface area contributed by atoms with Crippen LogP contribution in [0.15, 0.2) is 24.3 Å². The first-order chi connectivity index (χ1) is 12.9. The number of ketones is 1. The minimum absolute atomic E-state index is 0.210. The highest BCUT2D eigenvalue weighted by molar-refractivity contribution is 5.97. The largest absolute Gasteiger partial charge is 0.494 e. The van der Waals surface area contributed by atoms with E-state index in [1.807, 2.05) is 24.3 Å². The lowest BCUT2D eigenvalue weighted by atomic mass is 9.84. The first kappa shape index (κ1) is 20.3. The highest BCUT2D eigenvalue weighted by atomic mass is 16.5. The molecule has 1 aromatic carbocycles. The van der Waals surface area contributed by atoms with Gasteiger partial charge >= 0.3 is 0 Å². The molecule has 0 aromatic heterocycles.